The molecule has 0 aromatic carbocycles. The van der Waals surface area contributed by atoms with Gasteiger partial charge in [0, 0.05) is 11.1 Å². The molecule has 0 spiro atoms. The summed E-state index contributed by atoms with van der Waals surface area (Å²) in [6.07, 6.45) is 4.75. The Bertz CT molecular complexity index is 452. The van der Waals surface area contributed by atoms with Gasteiger partial charge in [0.2, 0.25) is 0 Å². The average molecular weight is 223 g/mol. The van der Waals surface area contributed by atoms with Gasteiger partial charge in [0.1, 0.15) is 11.5 Å². The molecule has 2 heterocycles. The van der Waals surface area contributed by atoms with Gasteiger partial charge in [0.15, 0.2) is 0 Å². The third-order valence-corrected chi connectivity index (χ3v) is 2.51. The molecule has 4 heteroatoms. The predicted octanol–water partition coefficient (Wildman–Crippen LogP) is 3.51. The van der Waals surface area contributed by atoms with Crippen molar-refractivity contribution in [2.45, 2.75) is 19.8 Å². The number of furan rings is 1. The van der Waals surface area contributed by atoms with Gasteiger partial charge < -0.3 is 4.42 Å². The molecule has 0 aliphatic rings. The number of nitrogens with zero attached hydrogens (tertiary/aromatic N) is 2. The molecule has 0 bridgehead atoms. The molecular formula is C11H11ClN2O. The van der Waals surface area contributed by atoms with E-state index in [1.165, 1.54) is 6.33 Å². The van der Waals surface area contributed by atoms with Gasteiger partial charge in [-0.25, -0.2) is 9.97 Å². The lowest BCUT2D eigenvalue weighted by atomic mass is 10.0. The van der Waals surface area contributed by atoms with E-state index in [-0.39, 0.29) is 5.92 Å². The van der Waals surface area contributed by atoms with Crippen molar-refractivity contribution in [3.63, 3.8) is 0 Å². The first-order valence-electron chi connectivity index (χ1n) is 4.73. The summed E-state index contributed by atoms with van der Waals surface area (Å²) in [5, 5.41) is 0.510. The Labute approximate surface area is 93.1 Å². The van der Waals surface area contributed by atoms with Crippen molar-refractivity contribution in [1.29, 1.82) is 0 Å². The molecule has 15 heavy (non-hydrogen) atoms. The molecule has 3 nitrogen and oxygen atoms in total. The molecule has 0 unspecified atom stereocenters. The monoisotopic (exact) mass is 222 g/mol. The highest BCUT2D eigenvalue weighted by Crippen LogP contribution is 2.31. The van der Waals surface area contributed by atoms with E-state index >= 15 is 0 Å². The van der Waals surface area contributed by atoms with Gasteiger partial charge in [-0.05, 0) is 12.0 Å². The van der Waals surface area contributed by atoms with Crippen LogP contribution in [-0.4, -0.2) is 9.97 Å². The van der Waals surface area contributed by atoms with E-state index in [1.54, 1.807) is 12.5 Å². The van der Waals surface area contributed by atoms with Gasteiger partial charge >= 0.3 is 0 Å². The molecule has 2 aromatic rings. The molecular weight excluding hydrogens is 212 g/mol. The van der Waals surface area contributed by atoms with E-state index in [9.17, 15) is 0 Å². The van der Waals surface area contributed by atoms with E-state index in [0.29, 0.717) is 5.15 Å². The smallest absolute Gasteiger partial charge is 0.136 e. The molecule has 2 rings (SSSR count). The molecule has 0 saturated carbocycles. The average Bonchev–Trinajstić information content (AvgIpc) is 2.69. The summed E-state index contributed by atoms with van der Waals surface area (Å²) in [7, 11) is 0. The number of halogens is 1. The topological polar surface area (TPSA) is 38.9 Å². The molecule has 0 radical (unpaired) electrons. The molecule has 0 saturated heterocycles. The Morgan fingerprint density at radius 3 is 2.73 bits per heavy atom. The molecule has 2 aromatic heterocycles. The summed E-state index contributed by atoms with van der Waals surface area (Å²) in [6, 6.07) is 1.87. The number of aromatic nitrogens is 2. The van der Waals surface area contributed by atoms with Crippen LogP contribution in [0.3, 0.4) is 0 Å². The number of hydrogen-bond acceptors (Lipinski definition) is 3. The first-order chi connectivity index (χ1) is 7.20. The van der Waals surface area contributed by atoms with E-state index < -0.39 is 0 Å². The first kappa shape index (κ1) is 10.2. The summed E-state index contributed by atoms with van der Waals surface area (Å²) in [6.45, 7) is 4.13. The highest BCUT2D eigenvalue weighted by atomic mass is 35.5. The van der Waals surface area contributed by atoms with E-state index in [2.05, 4.69) is 23.8 Å². The first-order valence-corrected chi connectivity index (χ1v) is 5.11. The second-order valence-electron chi connectivity index (χ2n) is 3.59. The van der Waals surface area contributed by atoms with Crippen LogP contribution in [0.25, 0.3) is 11.3 Å². The lowest BCUT2D eigenvalue weighted by molar-refractivity contribution is 0.568. The molecule has 0 N–H and O–H groups in total. The minimum Gasteiger partial charge on any atom is -0.472 e. The summed E-state index contributed by atoms with van der Waals surface area (Å²) >= 11 is 6.06. The third kappa shape index (κ3) is 1.88. The van der Waals surface area contributed by atoms with Crippen molar-refractivity contribution in [3.8, 4) is 11.3 Å². The fourth-order valence-electron chi connectivity index (χ4n) is 1.51. The van der Waals surface area contributed by atoms with Gasteiger partial charge in [-0.2, -0.15) is 0 Å². The second-order valence-corrected chi connectivity index (χ2v) is 3.95. The Morgan fingerprint density at radius 2 is 2.13 bits per heavy atom. The third-order valence-electron chi connectivity index (χ3n) is 2.21. The van der Waals surface area contributed by atoms with Crippen molar-refractivity contribution < 1.29 is 4.42 Å². The summed E-state index contributed by atoms with van der Waals surface area (Å²) in [5.74, 6) is 0.281. The van der Waals surface area contributed by atoms with Crippen molar-refractivity contribution in [3.05, 3.63) is 35.6 Å². The molecule has 0 aliphatic heterocycles. The van der Waals surface area contributed by atoms with Crippen LogP contribution < -0.4 is 0 Å². The number of hydrogen-bond donors (Lipinski definition) is 0. The summed E-state index contributed by atoms with van der Waals surface area (Å²) in [4.78, 5) is 8.24. The lowest BCUT2D eigenvalue weighted by Gasteiger charge is -2.10. The zero-order valence-electron chi connectivity index (χ0n) is 8.57. The Morgan fingerprint density at radius 1 is 1.33 bits per heavy atom. The second kappa shape index (κ2) is 4.03. The van der Waals surface area contributed by atoms with Crippen LogP contribution in [0.2, 0.25) is 5.15 Å². The van der Waals surface area contributed by atoms with Gasteiger partial charge in [-0.15, -0.1) is 0 Å². The van der Waals surface area contributed by atoms with Crippen LogP contribution in [0.5, 0.6) is 0 Å². The zero-order valence-corrected chi connectivity index (χ0v) is 9.32. The van der Waals surface area contributed by atoms with Gasteiger partial charge in [0.25, 0.3) is 0 Å². The van der Waals surface area contributed by atoms with Crippen LogP contribution in [0, 0.1) is 0 Å². The van der Waals surface area contributed by atoms with E-state index in [4.69, 9.17) is 16.0 Å². The van der Waals surface area contributed by atoms with Crippen LogP contribution in [-0.2, 0) is 0 Å². The normalized spacial score (nSPS) is 10.9. The molecule has 78 valence electrons. The largest absolute Gasteiger partial charge is 0.472 e. The highest BCUT2D eigenvalue weighted by molar-refractivity contribution is 6.30. The van der Waals surface area contributed by atoms with Crippen molar-refractivity contribution in [2.75, 3.05) is 0 Å². The van der Waals surface area contributed by atoms with Crippen LogP contribution >= 0.6 is 11.6 Å². The standard InChI is InChI=1S/C11H11ClN2O/c1-7(2)9-10(8-3-4-15-5-8)13-6-14-11(9)12/h3-7H,1-2H3. The minimum absolute atomic E-state index is 0.281. The van der Waals surface area contributed by atoms with Gasteiger partial charge in [-0.3, -0.25) is 0 Å². The maximum absolute atomic E-state index is 6.06. The minimum atomic E-state index is 0.281. The molecule has 0 atom stereocenters. The van der Waals surface area contributed by atoms with E-state index in [1.807, 2.05) is 6.07 Å². The van der Waals surface area contributed by atoms with Crippen molar-refractivity contribution in [1.82, 2.24) is 9.97 Å². The van der Waals surface area contributed by atoms with Crippen molar-refractivity contribution in [2.24, 2.45) is 0 Å². The Hall–Kier alpha value is -1.35. The maximum Gasteiger partial charge on any atom is 0.136 e. The predicted molar refractivity (Wildman–Crippen MR) is 58.8 cm³/mol. The molecule has 0 fully saturated rings. The maximum atomic E-state index is 6.06. The van der Waals surface area contributed by atoms with Crippen molar-refractivity contribution >= 4 is 11.6 Å². The highest BCUT2D eigenvalue weighted by Gasteiger charge is 2.15. The SMILES string of the molecule is CC(C)c1c(Cl)ncnc1-c1ccoc1. The van der Waals surface area contributed by atoms with Crippen LogP contribution in [0.4, 0.5) is 0 Å². The fraction of sp³-hybridized carbons (Fsp3) is 0.273. The molecule has 0 amide bonds. The number of rotatable bonds is 2. The lowest BCUT2D eigenvalue weighted by Crippen LogP contribution is -1.98. The van der Waals surface area contributed by atoms with Crippen LogP contribution in [0.15, 0.2) is 29.3 Å². The summed E-state index contributed by atoms with van der Waals surface area (Å²) in [5.41, 5.74) is 2.74. The molecule has 0 aliphatic carbocycles. The summed E-state index contributed by atoms with van der Waals surface area (Å²) < 4.78 is 5.04. The zero-order chi connectivity index (χ0) is 10.8. The van der Waals surface area contributed by atoms with Crippen LogP contribution in [0.1, 0.15) is 25.3 Å². The Balaban J connectivity index is 2.61. The van der Waals surface area contributed by atoms with Gasteiger partial charge in [0.05, 0.1) is 18.2 Å². The quantitative estimate of drug-likeness (QED) is 0.730. The van der Waals surface area contributed by atoms with Gasteiger partial charge in [-0.1, -0.05) is 25.4 Å². The Kier molecular flexibility index (Phi) is 2.73. The van der Waals surface area contributed by atoms with E-state index in [0.717, 1.165) is 16.8 Å². The fourth-order valence-corrected chi connectivity index (χ4v) is 1.87.